The van der Waals surface area contributed by atoms with Gasteiger partial charge in [0.2, 0.25) is 0 Å². The van der Waals surface area contributed by atoms with Gasteiger partial charge in [-0.05, 0) is 24.6 Å². The summed E-state index contributed by atoms with van der Waals surface area (Å²) < 4.78 is 18.5. The monoisotopic (exact) mass is 224 g/mol. The molecule has 0 spiro atoms. The van der Waals surface area contributed by atoms with Gasteiger partial charge in [-0.3, -0.25) is 4.90 Å². The van der Waals surface area contributed by atoms with E-state index in [4.69, 9.17) is 10.5 Å². The van der Waals surface area contributed by atoms with E-state index in [-0.39, 0.29) is 18.3 Å². The third kappa shape index (κ3) is 1.86. The summed E-state index contributed by atoms with van der Waals surface area (Å²) in [6.45, 7) is 2.39. The number of cyclic esters (lactones) is 1. The third-order valence-electron chi connectivity index (χ3n) is 2.53. The summed E-state index contributed by atoms with van der Waals surface area (Å²) in [5.41, 5.74) is 6.55. The first-order valence-electron chi connectivity index (χ1n) is 5.06. The predicted octanol–water partition coefficient (Wildman–Crippen LogP) is 1.42. The number of carbonyl (C=O) groups is 1. The number of aryl methyl sites for hydroxylation is 1. The number of carbonyl (C=O) groups excluding carboxylic acids is 1. The van der Waals surface area contributed by atoms with Crippen molar-refractivity contribution >= 4 is 11.8 Å². The number of hydrogen-bond acceptors (Lipinski definition) is 3. The summed E-state index contributed by atoms with van der Waals surface area (Å²) in [5, 5.41) is 0. The van der Waals surface area contributed by atoms with Crippen LogP contribution in [0.2, 0.25) is 0 Å². The maximum atomic E-state index is 13.5. The van der Waals surface area contributed by atoms with Crippen LogP contribution in [-0.2, 0) is 4.74 Å². The Morgan fingerprint density at radius 3 is 3.00 bits per heavy atom. The van der Waals surface area contributed by atoms with Crippen LogP contribution in [0.15, 0.2) is 18.2 Å². The fraction of sp³-hybridized carbons (Fsp3) is 0.364. The molecule has 1 saturated heterocycles. The van der Waals surface area contributed by atoms with Gasteiger partial charge in [0.25, 0.3) is 0 Å². The zero-order chi connectivity index (χ0) is 11.7. The SMILES string of the molecule is Cc1ccc(F)c(N2CC(CN)OC2=O)c1. The number of benzene rings is 1. The molecule has 2 N–H and O–H groups in total. The van der Waals surface area contributed by atoms with Gasteiger partial charge in [-0.2, -0.15) is 0 Å². The second-order valence-electron chi connectivity index (χ2n) is 3.81. The van der Waals surface area contributed by atoms with E-state index in [1.807, 2.05) is 6.92 Å². The molecule has 86 valence electrons. The molecule has 4 nitrogen and oxygen atoms in total. The van der Waals surface area contributed by atoms with Crippen molar-refractivity contribution in [1.82, 2.24) is 0 Å². The second-order valence-corrected chi connectivity index (χ2v) is 3.81. The van der Waals surface area contributed by atoms with Gasteiger partial charge in [-0.1, -0.05) is 6.07 Å². The highest BCUT2D eigenvalue weighted by Crippen LogP contribution is 2.25. The van der Waals surface area contributed by atoms with Crippen LogP contribution >= 0.6 is 0 Å². The number of ether oxygens (including phenoxy) is 1. The summed E-state index contributed by atoms with van der Waals surface area (Å²) >= 11 is 0. The van der Waals surface area contributed by atoms with Gasteiger partial charge < -0.3 is 10.5 Å². The number of nitrogens with two attached hydrogens (primary N) is 1. The Balaban J connectivity index is 2.30. The minimum Gasteiger partial charge on any atom is -0.443 e. The van der Waals surface area contributed by atoms with Crippen LogP contribution in [0.5, 0.6) is 0 Å². The van der Waals surface area contributed by atoms with Gasteiger partial charge in [0, 0.05) is 6.54 Å². The molecular weight excluding hydrogens is 211 g/mol. The number of anilines is 1. The number of hydrogen-bond donors (Lipinski definition) is 1. The van der Waals surface area contributed by atoms with Gasteiger partial charge in [0.15, 0.2) is 0 Å². The fourth-order valence-electron chi connectivity index (χ4n) is 1.67. The van der Waals surface area contributed by atoms with Crippen LogP contribution in [0.25, 0.3) is 0 Å². The highest BCUT2D eigenvalue weighted by Gasteiger charge is 2.32. The van der Waals surface area contributed by atoms with Crippen LogP contribution in [0.4, 0.5) is 14.9 Å². The lowest BCUT2D eigenvalue weighted by Crippen LogP contribution is -2.28. The molecule has 16 heavy (non-hydrogen) atoms. The van der Waals surface area contributed by atoms with E-state index in [9.17, 15) is 9.18 Å². The molecule has 1 amide bonds. The normalized spacial score (nSPS) is 20.1. The molecule has 0 aliphatic carbocycles. The van der Waals surface area contributed by atoms with Gasteiger partial charge in [0.05, 0.1) is 12.2 Å². The number of amides is 1. The summed E-state index contributed by atoms with van der Waals surface area (Å²) in [4.78, 5) is 12.8. The summed E-state index contributed by atoms with van der Waals surface area (Å²) in [5.74, 6) is -0.430. The lowest BCUT2D eigenvalue weighted by molar-refractivity contribution is 0.145. The molecule has 1 aliphatic heterocycles. The fourth-order valence-corrected chi connectivity index (χ4v) is 1.67. The molecule has 0 bridgehead atoms. The molecule has 1 aromatic rings. The molecule has 5 heteroatoms. The van der Waals surface area contributed by atoms with Crippen molar-refractivity contribution < 1.29 is 13.9 Å². The van der Waals surface area contributed by atoms with E-state index in [1.165, 1.54) is 11.0 Å². The van der Waals surface area contributed by atoms with Crippen molar-refractivity contribution in [2.24, 2.45) is 5.73 Å². The second kappa shape index (κ2) is 4.09. The summed E-state index contributed by atoms with van der Waals surface area (Å²) in [7, 11) is 0. The van der Waals surface area contributed by atoms with Gasteiger partial charge >= 0.3 is 6.09 Å². The molecular formula is C11H13FN2O2. The molecule has 0 radical (unpaired) electrons. The topological polar surface area (TPSA) is 55.6 Å². The Morgan fingerprint density at radius 2 is 2.38 bits per heavy atom. The average molecular weight is 224 g/mol. The number of nitrogens with zero attached hydrogens (tertiary/aromatic N) is 1. The van der Waals surface area contributed by atoms with Crippen LogP contribution in [0.1, 0.15) is 5.56 Å². The Kier molecular flexibility index (Phi) is 2.78. The number of rotatable bonds is 2. The standard InChI is InChI=1S/C11H13FN2O2/c1-7-2-3-9(12)10(4-7)14-6-8(5-13)16-11(14)15/h2-4,8H,5-6,13H2,1H3. The molecule has 1 fully saturated rings. The Bertz CT molecular complexity index is 422. The molecule has 1 aliphatic rings. The van der Waals surface area contributed by atoms with Gasteiger partial charge in [-0.15, -0.1) is 0 Å². The van der Waals surface area contributed by atoms with E-state index < -0.39 is 11.9 Å². The molecule has 1 unspecified atom stereocenters. The van der Waals surface area contributed by atoms with E-state index in [2.05, 4.69) is 0 Å². The first kappa shape index (κ1) is 10.9. The van der Waals surface area contributed by atoms with Crippen molar-refractivity contribution in [3.63, 3.8) is 0 Å². The van der Waals surface area contributed by atoms with Crippen molar-refractivity contribution in [3.05, 3.63) is 29.6 Å². The molecule has 0 aromatic heterocycles. The Morgan fingerprint density at radius 1 is 1.62 bits per heavy atom. The third-order valence-corrected chi connectivity index (χ3v) is 2.53. The lowest BCUT2D eigenvalue weighted by atomic mass is 10.2. The van der Waals surface area contributed by atoms with Crippen LogP contribution in [0, 0.1) is 12.7 Å². The van der Waals surface area contributed by atoms with Crippen LogP contribution < -0.4 is 10.6 Å². The molecule has 0 saturated carbocycles. The number of halogens is 1. The average Bonchev–Trinajstić information content (AvgIpc) is 2.63. The summed E-state index contributed by atoms with van der Waals surface area (Å²) in [6, 6.07) is 4.61. The summed E-state index contributed by atoms with van der Waals surface area (Å²) in [6.07, 6.45) is -0.896. The van der Waals surface area contributed by atoms with Gasteiger partial charge in [0.1, 0.15) is 11.9 Å². The lowest BCUT2D eigenvalue weighted by Gasteiger charge is -2.14. The Hall–Kier alpha value is -1.62. The maximum absolute atomic E-state index is 13.5. The van der Waals surface area contributed by atoms with E-state index >= 15 is 0 Å². The van der Waals surface area contributed by atoms with Gasteiger partial charge in [-0.25, -0.2) is 9.18 Å². The maximum Gasteiger partial charge on any atom is 0.414 e. The Labute approximate surface area is 92.8 Å². The quantitative estimate of drug-likeness (QED) is 0.826. The zero-order valence-corrected chi connectivity index (χ0v) is 8.94. The molecule has 1 atom stereocenters. The van der Waals surface area contributed by atoms with E-state index in [0.717, 1.165) is 5.56 Å². The van der Waals surface area contributed by atoms with Crippen molar-refractivity contribution in [1.29, 1.82) is 0 Å². The highest BCUT2D eigenvalue weighted by atomic mass is 19.1. The van der Waals surface area contributed by atoms with Crippen LogP contribution in [0.3, 0.4) is 0 Å². The van der Waals surface area contributed by atoms with Crippen LogP contribution in [-0.4, -0.2) is 25.3 Å². The molecule has 1 heterocycles. The minimum absolute atomic E-state index is 0.246. The minimum atomic E-state index is -0.542. The highest BCUT2D eigenvalue weighted by molar-refractivity contribution is 5.90. The zero-order valence-electron chi connectivity index (χ0n) is 8.94. The first-order valence-corrected chi connectivity index (χ1v) is 5.06. The smallest absolute Gasteiger partial charge is 0.414 e. The van der Waals surface area contributed by atoms with Crippen molar-refractivity contribution in [2.45, 2.75) is 13.0 Å². The first-order chi connectivity index (χ1) is 7.61. The van der Waals surface area contributed by atoms with E-state index in [1.54, 1.807) is 12.1 Å². The van der Waals surface area contributed by atoms with E-state index in [0.29, 0.717) is 6.54 Å². The van der Waals surface area contributed by atoms with Crippen molar-refractivity contribution in [2.75, 3.05) is 18.0 Å². The largest absolute Gasteiger partial charge is 0.443 e. The molecule has 1 aromatic carbocycles. The molecule has 2 rings (SSSR count). The predicted molar refractivity (Wildman–Crippen MR) is 57.8 cm³/mol. The van der Waals surface area contributed by atoms with Crippen molar-refractivity contribution in [3.8, 4) is 0 Å².